The number of benzene rings is 1. The highest BCUT2D eigenvalue weighted by atomic mass is 16.2. The van der Waals surface area contributed by atoms with Crippen LogP contribution in [0.15, 0.2) is 30.5 Å². The predicted molar refractivity (Wildman–Crippen MR) is 115 cm³/mol. The van der Waals surface area contributed by atoms with E-state index in [9.17, 15) is 19.2 Å². The molecule has 1 N–H and O–H groups in total. The Hall–Kier alpha value is -3.49. The Bertz CT molecular complexity index is 976. The van der Waals surface area contributed by atoms with Gasteiger partial charge in [-0.25, -0.2) is 0 Å². The highest BCUT2D eigenvalue weighted by Crippen LogP contribution is 2.23. The molecule has 0 fully saturated rings. The molecule has 0 spiro atoms. The molecule has 9 nitrogen and oxygen atoms in total. The maximum Gasteiger partial charge on any atom is 0.273 e. The fraction of sp³-hybridized carbons (Fsp3) is 0.409. The normalized spacial score (nSPS) is 12.8. The lowest BCUT2D eigenvalue weighted by atomic mass is 10.1. The first-order valence-corrected chi connectivity index (χ1v) is 10.4. The van der Waals surface area contributed by atoms with Gasteiger partial charge in [-0.2, -0.15) is 5.10 Å². The largest absolute Gasteiger partial charge is 0.343 e. The molecule has 0 aliphatic carbocycles. The maximum atomic E-state index is 12.4. The number of carbonyl (C=O) groups excluding carboxylic acids is 4. The summed E-state index contributed by atoms with van der Waals surface area (Å²) in [4.78, 5) is 52.1. The van der Waals surface area contributed by atoms with E-state index in [1.165, 1.54) is 16.0 Å². The van der Waals surface area contributed by atoms with Crippen molar-refractivity contribution in [2.45, 2.75) is 39.2 Å². The number of aryl methyl sites for hydroxylation is 1. The number of imide groups is 1. The zero-order valence-electron chi connectivity index (χ0n) is 18.1. The predicted octanol–water partition coefficient (Wildman–Crippen LogP) is 2.40. The average Bonchev–Trinajstić information content (AvgIpc) is 3.26. The highest BCUT2D eigenvalue weighted by molar-refractivity contribution is 6.21. The minimum atomic E-state index is -0.260. The van der Waals surface area contributed by atoms with Crippen LogP contribution in [0.1, 0.15) is 63.8 Å². The Morgan fingerprint density at radius 2 is 1.68 bits per heavy atom. The van der Waals surface area contributed by atoms with Gasteiger partial charge >= 0.3 is 0 Å². The minimum absolute atomic E-state index is 0.204. The molecule has 1 aromatic carbocycles. The van der Waals surface area contributed by atoms with Crippen LogP contribution < -0.4 is 5.32 Å². The zero-order chi connectivity index (χ0) is 22.5. The van der Waals surface area contributed by atoms with Crippen LogP contribution in [-0.4, -0.2) is 63.8 Å². The summed E-state index contributed by atoms with van der Waals surface area (Å²) in [6.45, 7) is 2.72. The maximum absolute atomic E-state index is 12.4. The second kappa shape index (κ2) is 9.55. The van der Waals surface area contributed by atoms with E-state index < -0.39 is 0 Å². The number of carbonyl (C=O) groups is 4. The SMILES string of the molecule is CCn1ncc(NC(=O)CCCCCN2C(=O)c3ccccc3C2=O)c1C(=O)N(C)C. The Balaban J connectivity index is 1.46. The molecule has 0 radical (unpaired) electrons. The van der Waals surface area contributed by atoms with E-state index in [1.807, 2.05) is 6.92 Å². The van der Waals surface area contributed by atoms with Crippen molar-refractivity contribution in [1.29, 1.82) is 0 Å². The summed E-state index contributed by atoms with van der Waals surface area (Å²) in [5, 5.41) is 6.93. The molecule has 3 rings (SSSR count). The molecule has 1 aromatic heterocycles. The monoisotopic (exact) mass is 425 g/mol. The number of aromatic nitrogens is 2. The summed E-state index contributed by atoms with van der Waals surface area (Å²) < 4.78 is 1.56. The van der Waals surface area contributed by atoms with Crippen LogP contribution in [-0.2, 0) is 11.3 Å². The molecule has 31 heavy (non-hydrogen) atoms. The fourth-order valence-corrected chi connectivity index (χ4v) is 3.54. The van der Waals surface area contributed by atoms with Gasteiger partial charge in [-0.3, -0.25) is 28.8 Å². The molecule has 0 saturated carbocycles. The number of fused-ring (bicyclic) bond motifs is 1. The second-order valence-electron chi connectivity index (χ2n) is 7.59. The standard InChI is InChI=1S/C22H27N5O4/c1-4-27-19(22(31)25(2)3)17(14-23-27)24-18(28)12-6-5-9-13-26-20(29)15-10-7-8-11-16(15)21(26)30/h7-8,10-11,14H,4-6,9,12-13H2,1-3H3,(H,24,28). The number of nitrogens with one attached hydrogen (secondary N) is 1. The van der Waals surface area contributed by atoms with Gasteiger partial charge in [-0.15, -0.1) is 0 Å². The lowest BCUT2D eigenvalue weighted by Crippen LogP contribution is -2.30. The van der Waals surface area contributed by atoms with Gasteiger partial charge in [0.2, 0.25) is 5.91 Å². The van der Waals surface area contributed by atoms with Crippen LogP contribution in [0.2, 0.25) is 0 Å². The van der Waals surface area contributed by atoms with E-state index >= 15 is 0 Å². The van der Waals surface area contributed by atoms with Crippen molar-refractivity contribution < 1.29 is 19.2 Å². The lowest BCUT2D eigenvalue weighted by Gasteiger charge is -2.14. The number of rotatable bonds is 9. The third-order valence-corrected chi connectivity index (χ3v) is 5.19. The van der Waals surface area contributed by atoms with E-state index in [-0.39, 0.29) is 30.0 Å². The molecule has 2 aromatic rings. The topological polar surface area (TPSA) is 105 Å². The Labute approximate surface area is 181 Å². The third-order valence-electron chi connectivity index (χ3n) is 5.19. The lowest BCUT2D eigenvalue weighted by molar-refractivity contribution is -0.116. The Morgan fingerprint density at radius 3 is 2.26 bits per heavy atom. The minimum Gasteiger partial charge on any atom is -0.343 e. The van der Waals surface area contributed by atoms with Crippen LogP contribution in [0.25, 0.3) is 0 Å². The van der Waals surface area contributed by atoms with E-state index in [4.69, 9.17) is 0 Å². The first kappa shape index (κ1) is 22.2. The van der Waals surface area contributed by atoms with Crippen molar-refractivity contribution in [3.8, 4) is 0 Å². The number of hydrogen-bond acceptors (Lipinski definition) is 5. The van der Waals surface area contributed by atoms with Gasteiger partial charge in [0.25, 0.3) is 17.7 Å². The highest BCUT2D eigenvalue weighted by Gasteiger charge is 2.34. The third kappa shape index (κ3) is 4.65. The quantitative estimate of drug-likeness (QED) is 0.491. The smallest absolute Gasteiger partial charge is 0.273 e. The van der Waals surface area contributed by atoms with Crippen LogP contribution in [0.4, 0.5) is 5.69 Å². The Kier molecular flexibility index (Phi) is 6.84. The van der Waals surface area contributed by atoms with Crippen molar-refractivity contribution in [3.63, 3.8) is 0 Å². The van der Waals surface area contributed by atoms with E-state index in [0.29, 0.717) is 54.9 Å². The zero-order valence-corrected chi connectivity index (χ0v) is 18.1. The molecule has 0 unspecified atom stereocenters. The number of nitrogens with zero attached hydrogens (tertiary/aromatic N) is 4. The summed E-state index contributed by atoms with van der Waals surface area (Å²) >= 11 is 0. The molecular weight excluding hydrogens is 398 g/mol. The molecule has 0 atom stereocenters. The van der Waals surface area contributed by atoms with Crippen molar-refractivity contribution in [2.24, 2.45) is 0 Å². The van der Waals surface area contributed by atoms with Gasteiger partial charge in [0.1, 0.15) is 5.69 Å². The van der Waals surface area contributed by atoms with E-state index in [2.05, 4.69) is 10.4 Å². The van der Waals surface area contributed by atoms with Crippen molar-refractivity contribution >= 4 is 29.3 Å². The van der Waals surface area contributed by atoms with Gasteiger partial charge < -0.3 is 10.2 Å². The van der Waals surface area contributed by atoms with Gasteiger partial charge in [-0.05, 0) is 31.9 Å². The van der Waals surface area contributed by atoms with Crippen molar-refractivity contribution in [2.75, 3.05) is 26.0 Å². The summed E-state index contributed by atoms with van der Waals surface area (Å²) in [5.41, 5.74) is 1.65. The fourth-order valence-electron chi connectivity index (χ4n) is 3.54. The molecule has 9 heteroatoms. The second-order valence-corrected chi connectivity index (χ2v) is 7.59. The van der Waals surface area contributed by atoms with Gasteiger partial charge in [0.05, 0.1) is 23.0 Å². The van der Waals surface area contributed by atoms with Crippen LogP contribution >= 0.6 is 0 Å². The summed E-state index contributed by atoms with van der Waals surface area (Å²) in [7, 11) is 3.30. The molecule has 164 valence electrons. The van der Waals surface area contributed by atoms with Crippen LogP contribution in [0.5, 0.6) is 0 Å². The summed E-state index contributed by atoms with van der Waals surface area (Å²) in [6.07, 6.45) is 3.68. The molecule has 1 aliphatic heterocycles. The molecule has 1 aliphatic rings. The van der Waals surface area contributed by atoms with Gasteiger partial charge in [0, 0.05) is 33.6 Å². The van der Waals surface area contributed by atoms with Crippen LogP contribution in [0, 0.1) is 0 Å². The van der Waals surface area contributed by atoms with Crippen molar-refractivity contribution in [3.05, 3.63) is 47.3 Å². The molecular formula is C22H27N5O4. The first-order valence-electron chi connectivity index (χ1n) is 10.4. The van der Waals surface area contributed by atoms with Gasteiger partial charge in [-0.1, -0.05) is 18.6 Å². The molecule has 0 saturated heterocycles. The molecule has 2 heterocycles. The first-order chi connectivity index (χ1) is 14.8. The number of hydrogen-bond donors (Lipinski definition) is 1. The Morgan fingerprint density at radius 1 is 1.03 bits per heavy atom. The summed E-state index contributed by atoms with van der Waals surface area (Å²) in [5.74, 6) is -0.950. The average molecular weight is 425 g/mol. The number of amides is 4. The van der Waals surface area contributed by atoms with E-state index in [0.717, 1.165) is 0 Å². The van der Waals surface area contributed by atoms with E-state index in [1.54, 1.807) is 43.0 Å². The molecule has 0 bridgehead atoms. The van der Waals surface area contributed by atoms with Gasteiger partial charge in [0.15, 0.2) is 0 Å². The summed E-state index contributed by atoms with van der Waals surface area (Å²) in [6, 6.07) is 6.81. The number of unbranched alkanes of at least 4 members (excludes halogenated alkanes) is 2. The van der Waals surface area contributed by atoms with Crippen LogP contribution in [0.3, 0.4) is 0 Å². The number of anilines is 1. The van der Waals surface area contributed by atoms with Crippen molar-refractivity contribution in [1.82, 2.24) is 19.6 Å². The molecule has 4 amide bonds.